The number of para-hydroxylation sites is 5. The molecule has 0 saturated carbocycles. The van der Waals surface area contributed by atoms with Crippen LogP contribution in [-0.2, 0) is 5.41 Å². The lowest BCUT2D eigenvalue weighted by atomic mass is 9.82. The van der Waals surface area contributed by atoms with Crippen LogP contribution >= 0.6 is 0 Å². The average molecular weight is 766 g/mol. The molecule has 0 saturated heterocycles. The van der Waals surface area contributed by atoms with E-state index in [2.05, 4.69) is 228 Å². The highest BCUT2D eigenvalue weighted by atomic mass is 15.0. The highest BCUT2D eigenvalue weighted by Gasteiger charge is 2.37. The number of fused-ring (bicyclic) bond motifs is 12. The fraction of sp³-hybridized carbons (Fsp3) is 0.0526. The maximum Gasteiger partial charge on any atom is 0.0544 e. The van der Waals surface area contributed by atoms with Crippen LogP contribution in [0.4, 0.5) is 0 Å². The molecule has 3 heteroatoms. The van der Waals surface area contributed by atoms with Crippen molar-refractivity contribution in [2.75, 3.05) is 0 Å². The molecule has 0 spiro atoms. The molecule has 9 aromatic carbocycles. The Morgan fingerprint density at radius 1 is 0.283 bits per heavy atom. The fourth-order valence-electron chi connectivity index (χ4n) is 10.6. The third-order valence-electron chi connectivity index (χ3n) is 13.4. The lowest BCUT2D eigenvalue weighted by Crippen LogP contribution is -2.15. The second kappa shape index (κ2) is 12.2. The van der Waals surface area contributed by atoms with Crippen molar-refractivity contribution in [1.82, 2.24) is 13.7 Å². The minimum atomic E-state index is -0.193. The summed E-state index contributed by atoms with van der Waals surface area (Å²) in [6, 6.07) is 73.9. The third kappa shape index (κ3) is 4.55. The van der Waals surface area contributed by atoms with E-state index >= 15 is 0 Å². The van der Waals surface area contributed by atoms with Crippen molar-refractivity contribution in [2.45, 2.75) is 19.3 Å². The predicted molar refractivity (Wildman–Crippen MR) is 252 cm³/mol. The second-order valence-electron chi connectivity index (χ2n) is 17.0. The van der Waals surface area contributed by atoms with Crippen LogP contribution in [0.25, 0.3) is 105 Å². The molecule has 12 aromatic rings. The molecule has 13 rings (SSSR count). The van der Waals surface area contributed by atoms with Gasteiger partial charge in [-0.2, -0.15) is 0 Å². The molecule has 60 heavy (non-hydrogen) atoms. The molecule has 0 radical (unpaired) electrons. The molecular weight excluding hydrogens is 727 g/mol. The van der Waals surface area contributed by atoms with Gasteiger partial charge in [-0.25, -0.2) is 0 Å². The zero-order chi connectivity index (χ0) is 39.7. The van der Waals surface area contributed by atoms with Gasteiger partial charge in [0.15, 0.2) is 0 Å². The standard InChI is InChI=1S/C57H39N3/c1-57(2)49-34-55-47(43-18-8-12-22-53(43)59(55)38-14-4-3-5-15-38)32-45(49)46-33-48-44-19-9-13-23-54(44)60(56(48)35-50(46)57)40-30-26-37(27-31-40)36-24-28-39(29-25-36)58-51-20-10-6-16-41(51)42-17-7-11-21-52(42)58/h3-35H,1-2H3. The number of aromatic nitrogens is 3. The van der Waals surface area contributed by atoms with Gasteiger partial charge in [0.2, 0.25) is 0 Å². The summed E-state index contributed by atoms with van der Waals surface area (Å²) >= 11 is 0. The lowest BCUT2D eigenvalue weighted by Gasteiger charge is -2.22. The average Bonchev–Trinajstić information content (AvgIpc) is 3.99. The van der Waals surface area contributed by atoms with Gasteiger partial charge < -0.3 is 13.7 Å². The van der Waals surface area contributed by atoms with Gasteiger partial charge >= 0.3 is 0 Å². The first kappa shape index (κ1) is 33.4. The Labute approximate surface area is 347 Å². The summed E-state index contributed by atoms with van der Waals surface area (Å²) in [6.45, 7) is 4.80. The normalized spacial score (nSPS) is 13.3. The van der Waals surface area contributed by atoms with Crippen molar-refractivity contribution in [3.63, 3.8) is 0 Å². The molecular formula is C57H39N3. The van der Waals surface area contributed by atoms with Crippen molar-refractivity contribution in [3.8, 4) is 39.3 Å². The Bertz CT molecular complexity index is 3650. The minimum absolute atomic E-state index is 0.193. The molecule has 0 bridgehead atoms. The number of rotatable bonds is 4. The van der Waals surface area contributed by atoms with Crippen LogP contribution in [0.5, 0.6) is 0 Å². The van der Waals surface area contributed by atoms with E-state index in [0.717, 1.165) is 5.69 Å². The topological polar surface area (TPSA) is 14.8 Å². The molecule has 0 amide bonds. The molecule has 0 unspecified atom stereocenters. The summed E-state index contributed by atoms with van der Waals surface area (Å²) in [5.41, 5.74) is 18.5. The van der Waals surface area contributed by atoms with Crippen molar-refractivity contribution < 1.29 is 0 Å². The fourth-order valence-corrected chi connectivity index (χ4v) is 10.6. The first-order chi connectivity index (χ1) is 29.5. The van der Waals surface area contributed by atoms with Gasteiger partial charge in [0.1, 0.15) is 0 Å². The Balaban J connectivity index is 0.926. The molecule has 0 N–H and O–H groups in total. The summed E-state index contributed by atoms with van der Waals surface area (Å²) in [7, 11) is 0. The smallest absolute Gasteiger partial charge is 0.0544 e. The monoisotopic (exact) mass is 765 g/mol. The van der Waals surface area contributed by atoms with E-state index < -0.39 is 0 Å². The van der Waals surface area contributed by atoms with Gasteiger partial charge in [-0.1, -0.05) is 129 Å². The third-order valence-corrected chi connectivity index (χ3v) is 13.4. The van der Waals surface area contributed by atoms with E-state index in [1.165, 1.54) is 110 Å². The highest BCUT2D eigenvalue weighted by molar-refractivity contribution is 6.15. The van der Waals surface area contributed by atoms with Crippen molar-refractivity contribution >= 4 is 65.4 Å². The van der Waals surface area contributed by atoms with Crippen molar-refractivity contribution in [2.24, 2.45) is 0 Å². The summed E-state index contributed by atoms with van der Waals surface area (Å²) in [6.07, 6.45) is 0. The molecule has 3 nitrogen and oxygen atoms in total. The van der Waals surface area contributed by atoms with Crippen LogP contribution in [0.3, 0.4) is 0 Å². The molecule has 282 valence electrons. The van der Waals surface area contributed by atoms with E-state index in [9.17, 15) is 0 Å². The first-order valence-corrected chi connectivity index (χ1v) is 20.9. The molecule has 0 aliphatic heterocycles. The SMILES string of the molecule is CC1(C)c2cc3c(cc2-c2cc4c5ccccc5n(-c5ccc(-c6ccc(-n7c8ccccc8c8ccccc87)cc6)cc5)c4cc21)c1ccccc1n3-c1ccccc1. The largest absolute Gasteiger partial charge is 0.309 e. The highest BCUT2D eigenvalue weighted by Crippen LogP contribution is 2.53. The zero-order valence-corrected chi connectivity index (χ0v) is 33.4. The summed E-state index contributed by atoms with van der Waals surface area (Å²) in [5, 5.41) is 7.69. The van der Waals surface area contributed by atoms with Crippen LogP contribution in [0.1, 0.15) is 25.0 Å². The molecule has 1 aliphatic carbocycles. The first-order valence-electron chi connectivity index (χ1n) is 20.9. The summed E-state index contributed by atoms with van der Waals surface area (Å²) < 4.78 is 7.28. The van der Waals surface area contributed by atoms with Crippen LogP contribution < -0.4 is 0 Å². The predicted octanol–water partition coefficient (Wildman–Crippen LogP) is 15.0. The van der Waals surface area contributed by atoms with E-state index in [1.54, 1.807) is 0 Å². The van der Waals surface area contributed by atoms with Crippen LogP contribution in [0.2, 0.25) is 0 Å². The molecule has 1 aliphatic rings. The van der Waals surface area contributed by atoms with E-state index in [0.29, 0.717) is 0 Å². The van der Waals surface area contributed by atoms with Crippen LogP contribution in [0, 0.1) is 0 Å². The van der Waals surface area contributed by atoms with Gasteiger partial charge in [-0.05, 0) is 118 Å². The van der Waals surface area contributed by atoms with Crippen molar-refractivity contribution in [1.29, 1.82) is 0 Å². The van der Waals surface area contributed by atoms with Gasteiger partial charge in [-0.3, -0.25) is 0 Å². The Kier molecular flexibility index (Phi) is 6.78. The molecule has 0 fully saturated rings. The summed E-state index contributed by atoms with van der Waals surface area (Å²) in [4.78, 5) is 0. The maximum atomic E-state index is 2.49. The van der Waals surface area contributed by atoms with E-state index in [-0.39, 0.29) is 5.41 Å². The number of benzene rings is 9. The second-order valence-corrected chi connectivity index (χ2v) is 17.0. The Morgan fingerprint density at radius 2 is 0.600 bits per heavy atom. The van der Waals surface area contributed by atoms with Gasteiger partial charge in [0, 0.05) is 54.8 Å². The number of nitrogens with zero attached hydrogens (tertiary/aromatic N) is 3. The Morgan fingerprint density at radius 3 is 1.00 bits per heavy atom. The van der Waals surface area contributed by atoms with Gasteiger partial charge in [-0.15, -0.1) is 0 Å². The summed E-state index contributed by atoms with van der Waals surface area (Å²) in [5.74, 6) is 0. The van der Waals surface area contributed by atoms with E-state index in [4.69, 9.17) is 0 Å². The van der Waals surface area contributed by atoms with Crippen LogP contribution in [0.15, 0.2) is 200 Å². The number of hydrogen-bond donors (Lipinski definition) is 0. The molecule has 0 atom stereocenters. The van der Waals surface area contributed by atoms with Crippen LogP contribution in [-0.4, -0.2) is 13.7 Å². The molecule has 3 aromatic heterocycles. The quantitative estimate of drug-likeness (QED) is 0.169. The lowest BCUT2D eigenvalue weighted by molar-refractivity contribution is 0.661. The number of hydrogen-bond acceptors (Lipinski definition) is 0. The zero-order valence-electron chi connectivity index (χ0n) is 33.4. The van der Waals surface area contributed by atoms with Gasteiger partial charge in [0.25, 0.3) is 0 Å². The maximum absolute atomic E-state index is 2.49. The molecule has 3 heterocycles. The van der Waals surface area contributed by atoms with Gasteiger partial charge in [0.05, 0.1) is 33.1 Å². The minimum Gasteiger partial charge on any atom is -0.309 e. The Hall–Kier alpha value is -7.62. The van der Waals surface area contributed by atoms with E-state index in [1.807, 2.05) is 0 Å². The van der Waals surface area contributed by atoms with Crippen molar-refractivity contribution in [3.05, 3.63) is 211 Å².